The lowest BCUT2D eigenvalue weighted by molar-refractivity contribution is -0.122. The first-order valence-electron chi connectivity index (χ1n) is 6.53. The Labute approximate surface area is 106 Å². The van der Waals surface area contributed by atoms with Crippen molar-refractivity contribution in [3.05, 3.63) is 30.1 Å². The van der Waals surface area contributed by atoms with Gasteiger partial charge in [-0.05, 0) is 37.5 Å². The average molecular weight is 248 g/mol. The lowest BCUT2D eigenvalue weighted by atomic mass is 10.2. The first kappa shape index (κ1) is 11.5. The van der Waals surface area contributed by atoms with Crippen molar-refractivity contribution in [1.82, 2.24) is 5.32 Å². The smallest absolute Gasteiger partial charge is 0.223 e. The van der Waals surface area contributed by atoms with Crippen molar-refractivity contribution in [2.45, 2.75) is 25.3 Å². The highest BCUT2D eigenvalue weighted by molar-refractivity contribution is 5.81. The first-order valence-corrected chi connectivity index (χ1v) is 6.53. The summed E-state index contributed by atoms with van der Waals surface area (Å²) in [6.07, 6.45) is 3.01. The molecule has 1 aromatic carbocycles. The molecule has 3 rings (SSSR count). The summed E-state index contributed by atoms with van der Waals surface area (Å²) < 4.78 is 13.1. The van der Waals surface area contributed by atoms with E-state index in [-0.39, 0.29) is 23.7 Å². The molecule has 1 aliphatic carbocycles. The van der Waals surface area contributed by atoms with Crippen molar-refractivity contribution in [2.75, 3.05) is 18.0 Å². The van der Waals surface area contributed by atoms with E-state index >= 15 is 0 Å². The second-order valence-electron chi connectivity index (χ2n) is 5.19. The van der Waals surface area contributed by atoms with Crippen LogP contribution in [0.4, 0.5) is 10.1 Å². The third-order valence-electron chi connectivity index (χ3n) is 3.66. The van der Waals surface area contributed by atoms with Crippen LogP contribution in [0.25, 0.3) is 0 Å². The molecule has 18 heavy (non-hydrogen) atoms. The van der Waals surface area contributed by atoms with Crippen LogP contribution in [-0.4, -0.2) is 25.0 Å². The van der Waals surface area contributed by atoms with Crippen molar-refractivity contribution in [1.29, 1.82) is 0 Å². The van der Waals surface area contributed by atoms with Gasteiger partial charge in [0.2, 0.25) is 5.91 Å². The molecule has 1 atom stereocenters. The normalized spacial score (nSPS) is 23.2. The number of carbonyl (C=O) groups excluding carboxylic acids is 1. The zero-order chi connectivity index (χ0) is 12.5. The average Bonchev–Trinajstić information content (AvgIpc) is 3.10. The number of nitrogens with one attached hydrogen (secondary N) is 1. The molecule has 1 heterocycles. The largest absolute Gasteiger partial charge is 0.369 e. The van der Waals surface area contributed by atoms with Gasteiger partial charge in [-0.25, -0.2) is 4.39 Å². The van der Waals surface area contributed by atoms with Crippen molar-refractivity contribution in [3.63, 3.8) is 0 Å². The molecular formula is C14H17FN2O. The number of hydrogen-bond acceptors (Lipinski definition) is 2. The summed E-state index contributed by atoms with van der Waals surface area (Å²) >= 11 is 0. The second kappa shape index (κ2) is 4.59. The summed E-state index contributed by atoms with van der Waals surface area (Å²) in [6.45, 7) is 1.65. The molecule has 1 amide bonds. The van der Waals surface area contributed by atoms with Crippen LogP contribution in [0.5, 0.6) is 0 Å². The Morgan fingerprint density at radius 2 is 2.17 bits per heavy atom. The molecule has 0 spiro atoms. The lowest BCUT2D eigenvalue weighted by Crippen LogP contribution is -2.37. The van der Waals surface area contributed by atoms with E-state index in [2.05, 4.69) is 10.2 Å². The van der Waals surface area contributed by atoms with E-state index in [0.29, 0.717) is 0 Å². The van der Waals surface area contributed by atoms with Gasteiger partial charge < -0.3 is 10.2 Å². The maximum absolute atomic E-state index is 13.1. The van der Waals surface area contributed by atoms with Crippen LogP contribution >= 0.6 is 0 Å². The molecule has 1 unspecified atom stereocenters. The van der Waals surface area contributed by atoms with E-state index in [0.717, 1.165) is 38.0 Å². The second-order valence-corrected chi connectivity index (χ2v) is 5.19. The van der Waals surface area contributed by atoms with Crippen LogP contribution in [0.3, 0.4) is 0 Å². The molecule has 0 bridgehead atoms. The Kier molecular flexibility index (Phi) is 2.94. The van der Waals surface area contributed by atoms with Crippen molar-refractivity contribution < 1.29 is 9.18 Å². The topological polar surface area (TPSA) is 32.3 Å². The van der Waals surface area contributed by atoms with E-state index in [4.69, 9.17) is 0 Å². The van der Waals surface area contributed by atoms with Gasteiger partial charge in [0.25, 0.3) is 0 Å². The molecule has 1 aromatic rings. The molecule has 1 saturated heterocycles. The predicted molar refractivity (Wildman–Crippen MR) is 67.9 cm³/mol. The highest BCUT2D eigenvalue weighted by atomic mass is 19.1. The van der Waals surface area contributed by atoms with Gasteiger partial charge >= 0.3 is 0 Å². The third-order valence-corrected chi connectivity index (χ3v) is 3.66. The Morgan fingerprint density at radius 3 is 2.89 bits per heavy atom. The summed E-state index contributed by atoms with van der Waals surface area (Å²) in [7, 11) is 0. The first-order chi connectivity index (χ1) is 8.72. The Morgan fingerprint density at radius 1 is 1.33 bits per heavy atom. The van der Waals surface area contributed by atoms with Crippen LogP contribution in [0.2, 0.25) is 0 Å². The lowest BCUT2D eigenvalue weighted by Gasteiger charge is -2.19. The molecule has 1 saturated carbocycles. The van der Waals surface area contributed by atoms with E-state index in [1.807, 2.05) is 6.07 Å². The maximum atomic E-state index is 13.1. The highest BCUT2D eigenvalue weighted by Crippen LogP contribution is 2.29. The van der Waals surface area contributed by atoms with E-state index < -0.39 is 0 Å². The fourth-order valence-corrected chi connectivity index (χ4v) is 2.45. The summed E-state index contributed by atoms with van der Waals surface area (Å²) in [5, 5.41) is 3.08. The molecule has 1 aliphatic heterocycles. The van der Waals surface area contributed by atoms with E-state index in [1.54, 1.807) is 12.1 Å². The van der Waals surface area contributed by atoms with Crippen molar-refractivity contribution in [3.8, 4) is 0 Å². The minimum absolute atomic E-state index is 0.195. The van der Waals surface area contributed by atoms with Crippen molar-refractivity contribution in [2.24, 2.45) is 5.92 Å². The summed E-state index contributed by atoms with van der Waals surface area (Å²) in [5.41, 5.74) is 0.901. The summed E-state index contributed by atoms with van der Waals surface area (Å²) in [5.74, 6) is 0.243. The van der Waals surface area contributed by atoms with Crippen LogP contribution in [0, 0.1) is 11.7 Å². The molecule has 3 nitrogen and oxygen atoms in total. The third kappa shape index (κ3) is 2.47. The molecule has 0 radical (unpaired) electrons. The van der Waals surface area contributed by atoms with Gasteiger partial charge in [0, 0.05) is 30.7 Å². The fraction of sp³-hybridized carbons (Fsp3) is 0.500. The maximum Gasteiger partial charge on any atom is 0.223 e. The van der Waals surface area contributed by atoms with Gasteiger partial charge in [-0.1, -0.05) is 6.07 Å². The number of halogens is 1. The summed E-state index contributed by atoms with van der Waals surface area (Å²) in [4.78, 5) is 13.8. The molecular weight excluding hydrogens is 231 g/mol. The number of carbonyl (C=O) groups is 1. The molecule has 0 aromatic heterocycles. The molecule has 96 valence electrons. The standard InChI is InChI=1S/C14H17FN2O/c15-11-2-1-3-13(8-11)17-7-6-12(9-17)16-14(18)10-4-5-10/h1-3,8,10,12H,4-7,9H2,(H,16,18). The molecule has 4 heteroatoms. The molecule has 2 aliphatic rings. The minimum Gasteiger partial charge on any atom is -0.369 e. The summed E-state index contributed by atoms with van der Waals surface area (Å²) in [6, 6.07) is 6.84. The SMILES string of the molecule is O=C(NC1CCN(c2cccc(F)c2)C1)C1CC1. The number of nitrogens with zero attached hydrogens (tertiary/aromatic N) is 1. The zero-order valence-corrected chi connectivity index (χ0v) is 10.2. The Hall–Kier alpha value is -1.58. The van der Waals surface area contributed by atoms with Crippen LogP contribution in [0.1, 0.15) is 19.3 Å². The number of rotatable bonds is 3. The monoisotopic (exact) mass is 248 g/mol. The number of anilines is 1. The van der Waals surface area contributed by atoms with Gasteiger partial charge in [-0.15, -0.1) is 0 Å². The van der Waals surface area contributed by atoms with Gasteiger partial charge in [0.15, 0.2) is 0 Å². The zero-order valence-electron chi connectivity index (χ0n) is 10.2. The Bertz CT molecular complexity index is 459. The number of amides is 1. The van der Waals surface area contributed by atoms with Gasteiger partial charge in [0.1, 0.15) is 5.82 Å². The predicted octanol–water partition coefficient (Wildman–Crippen LogP) is 1.93. The quantitative estimate of drug-likeness (QED) is 0.886. The van der Waals surface area contributed by atoms with Gasteiger partial charge in [-0.3, -0.25) is 4.79 Å². The minimum atomic E-state index is -0.210. The number of hydrogen-bond donors (Lipinski definition) is 1. The van der Waals surface area contributed by atoms with Gasteiger partial charge in [0.05, 0.1) is 0 Å². The van der Waals surface area contributed by atoms with Gasteiger partial charge in [-0.2, -0.15) is 0 Å². The van der Waals surface area contributed by atoms with E-state index in [1.165, 1.54) is 6.07 Å². The van der Waals surface area contributed by atoms with Crippen LogP contribution in [0.15, 0.2) is 24.3 Å². The molecule has 2 fully saturated rings. The molecule has 1 N–H and O–H groups in total. The number of benzene rings is 1. The highest BCUT2D eigenvalue weighted by Gasteiger charge is 2.32. The van der Waals surface area contributed by atoms with Crippen LogP contribution in [-0.2, 0) is 4.79 Å². The van der Waals surface area contributed by atoms with Crippen LogP contribution < -0.4 is 10.2 Å². The Balaban J connectivity index is 1.59. The van der Waals surface area contributed by atoms with Crippen molar-refractivity contribution >= 4 is 11.6 Å². The van der Waals surface area contributed by atoms with E-state index in [9.17, 15) is 9.18 Å². The fourth-order valence-electron chi connectivity index (χ4n) is 2.45.